The van der Waals surface area contributed by atoms with Gasteiger partial charge in [0.25, 0.3) is 0 Å². The van der Waals surface area contributed by atoms with E-state index in [0.29, 0.717) is 28.3 Å². The summed E-state index contributed by atoms with van der Waals surface area (Å²) in [5, 5.41) is 12.3. The fourth-order valence-corrected chi connectivity index (χ4v) is 3.26. The molecule has 0 bridgehead atoms. The van der Waals surface area contributed by atoms with E-state index in [2.05, 4.69) is 25.3 Å². The highest BCUT2D eigenvalue weighted by atomic mass is 19.1. The molecule has 7 nitrogen and oxygen atoms in total. The second-order valence-electron chi connectivity index (χ2n) is 6.85. The monoisotopic (exact) mass is 366 g/mol. The standard InChI is InChI=1S/C19H17FN6O/c1-19(2)10-26-15(9-27-19)16(12-5-6-21-18-13(12)8-23-24-18)17(25-26)14-4-3-11(20)7-22-14/h3-8H,9-10H2,1-2H3,(H,21,23,24)/i10D2. The minimum atomic E-state index is -1.91. The molecule has 1 N–H and O–H groups in total. The molecule has 0 saturated heterocycles. The van der Waals surface area contributed by atoms with Crippen molar-refractivity contribution in [2.75, 3.05) is 0 Å². The fourth-order valence-electron chi connectivity index (χ4n) is 3.26. The lowest BCUT2D eigenvalue weighted by atomic mass is 9.98. The number of hydrogen-bond donors (Lipinski definition) is 1. The van der Waals surface area contributed by atoms with Crippen molar-refractivity contribution in [2.45, 2.75) is 32.6 Å². The van der Waals surface area contributed by atoms with Crippen LogP contribution in [-0.4, -0.2) is 35.5 Å². The largest absolute Gasteiger partial charge is 0.367 e. The molecule has 0 fully saturated rings. The fraction of sp³-hybridized carbons (Fsp3) is 0.263. The lowest BCUT2D eigenvalue weighted by molar-refractivity contribution is -0.0657. The number of nitrogens with zero attached hydrogens (tertiary/aromatic N) is 5. The van der Waals surface area contributed by atoms with E-state index < -0.39 is 17.9 Å². The normalized spacial score (nSPS) is 18.8. The molecule has 1 aliphatic rings. The highest BCUT2D eigenvalue weighted by molar-refractivity contribution is 5.97. The van der Waals surface area contributed by atoms with Gasteiger partial charge in [0, 0.05) is 22.7 Å². The minimum Gasteiger partial charge on any atom is -0.367 e. The van der Waals surface area contributed by atoms with Crippen LogP contribution in [0.3, 0.4) is 0 Å². The number of halogens is 1. The number of pyridine rings is 2. The van der Waals surface area contributed by atoms with Crippen molar-refractivity contribution in [3.63, 3.8) is 0 Å². The van der Waals surface area contributed by atoms with Gasteiger partial charge in [-0.05, 0) is 32.0 Å². The highest BCUT2D eigenvalue weighted by Crippen LogP contribution is 2.39. The summed E-state index contributed by atoms with van der Waals surface area (Å²) in [5.41, 5.74) is 2.40. The third kappa shape index (κ3) is 2.60. The van der Waals surface area contributed by atoms with Crippen molar-refractivity contribution in [2.24, 2.45) is 0 Å². The van der Waals surface area contributed by atoms with Crippen molar-refractivity contribution in [3.05, 3.63) is 48.3 Å². The molecule has 0 aromatic carbocycles. The first-order valence-corrected chi connectivity index (χ1v) is 8.46. The quantitative estimate of drug-likeness (QED) is 0.588. The van der Waals surface area contributed by atoms with Crippen LogP contribution >= 0.6 is 0 Å². The molecule has 136 valence electrons. The Hall–Kier alpha value is -3.13. The lowest BCUT2D eigenvalue weighted by Gasteiger charge is -2.31. The summed E-state index contributed by atoms with van der Waals surface area (Å²) in [6.07, 6.45) is 4.42. The topological polar surface area (TPSA) is 81.5 Å². The Balaban J connectivity index is 1.85. The van der Waals surface area contributed by atoms with E-state index in [1.807, 2.05) is 6.07 Å². The van der Waals surface area contributed by atoms with E-state index in [9.17, 15) is 4.39 Å². The maximum atomic E-state index is 13.5. The van der Waals surface area contributed by atoms with Crippen molar-refractivity contribution in [1.82, 2.24) is 29.9 Å². The van der Waals surface area contributed by atoms with Crippen LogP contribution < -0.4 is 0 Å². The Bertz CT molecular complexity index is 1230. The van der Waals surface area contributed by atoms with Gasteiger partial charge in [-0.15, -0.1) is 0 Å². The second-order valence-corrected chi connectivity index (χ2v) is 6.85. The number of hydrogen-bond acceptors (Lipinski definition) is 5. The molecule has 0 unspecified atom stereocenters. The predicted molar refractivity (Wildman–Crippen MR) is 97.2 cm³/mol. The molecule has 0 radical (unpaired) electrons. The van der Waals surface area contributed by atoms with Crippen LogP contribution in [0.4, 0.5) is 4.39 Å². The summed E-state index contributed by atoms with van der Waals surface area (Å²) >= 11 is 0. The third-order valence-corrected chi connectivity index (χ3v) is 4.52. The van der Waals surface area contributed by atoms with Crippen molar-refractivity contribution >= 4 is 11.0 Å². The Morgan fingerprint density at radius 3 is 2.96 bits per heavy atom. The molecule has 8 heteroatoms. The predicted octanol–water partition coefficient (Wildman–Crippen LogP) is 3.33. The summed E-state index contributed by atoms with van der Waals surface area (Å²) in [5.74, 6) is -0.458. The first kappa shape index (κ1) is 14.0. The van der Waals surface area contributed by atoms with Crippen molar-refractivity contribution < 1.29 is 11.9 Å². The van der Waals surface area contributed by atoms with Gasteiger partial charge < -0.3 is 4.74 Å². The van der Waals surface area contributed by atoms with E-state index in [4.69, 9.17) is 7.48 Å². The summed E-state index contributed by atoms with van der Waals surface area (Å²) in [4.78, 5) is 8.45. The summed E-state index contributed by atoms with van der Waals surface area (Å²) < 4.78 is 38.0. The van der Waals surface area contributed by atoms with Gasteiger partial charge in [-0.2, -0.15) is 10.2 Å². The maximum Gasteiger partial charge on any atom is 0.155 e. The zero-order valence-corrected chi connectivity index (χ0v) is 14.7. The summed E-state index contributed by atoms with van der Waals surface area (Å²) in [6, 6.07) is 4.65. The summed E-state index contributed by atoms with van der Waals surface area (Å²) in [7, 11) is 0. The van der Waals surface area contributed by atoms with E-state index in [1.54, 1.807) is 26.2 Å². The Morgan fingerprint density at radius 1 is 1.26 bits per heavy atom. The van der Waals surface area contributed by atoms with E-state index in [-0.39, 0.29) is 6.61 Å². The van der Waals surface area contributed by atoms with Crippen LogP contribution in [0.5, 0.6) is 0 Å². The molecular weight excluding hydrogens is 347 g/mol. The van der Waals surface area contributed by atoms with Gasteiger partial charge in [-0.25, -0.2) is 9.37 Å². The molecular formula is C19H17FN6O. The Morgan fingerprint density at radius 2 is 2.15 bits per heavy atom. The number of nitrogens with one attached hydrogen (secondary N) is 1. The van der Waals surface area contributed by atoms with Crippen molar-refractivity contribution in [3.8, 4) is 22.5 Å². The first-order chi connectivity index (χ1) is 13.8. The van der Waals surface area contributed by atoms with Gasteiger partial charge in [0.1, 0.15) is 11.5 Å². The molecule has 5 heterocycles. The van der Waals surface area contributed by atoms with Crippen LogP contribution in [0, 0.1) is 5.82 Å². The van der Waals surface area contributed by atoms with Crippen LogP contribution in [0.25, 0.3) is 33.5 Å². The minimum absolute atomic E-state index is 0.164. The SMILES string of the molecule is [2H]C1([2H])n2nc(-c3ccc(F)cn3)c(-c3ccnc4[nH]ncc34)c2COC1(C)C. The van der Waals surface area contributed by atoms with E-state index in [1.165, 1.54) is 16.8 Å². The average Bonchev–Trinajstić information content (AvgIpc) is 3.31. The zero-order valence-electron chi connectivity index (χ0n) is 16.7. The van der Waals surface area contributed by atoms with Gasteiger partial charge in [-0.3, -0.25) is 14.8 Å². The Labute approximate surface area is 157 Å². The Kier molecular flexibility index (Phi) is 2.95. The zero-order chi connectivity index (χ0) is 20.4. The average molecular weight is 366 g/mol. The maximum absolute atomic E-state index is 13.5. The molecule has 4 aromatic heterocycles. The van der Waals surface area contributed by atoms with Crippen LogP contribution in [0.2, 0.25) is 0 Å². The lowest BCUT2D eigenvalue weighted by Crippen LogP contribution is -2.36. The smallest absolute Gasteiger partial charge is 0.155 e. The molecule has 27 heavy (non-hydrogen) atoms. The molecule has 0 atom stereocenters. The van der Waals surface area contributed by atoms with Gasteiger partial charge in [0.15, 0.2) is 5.65 Å². The van der Waals surface area contributed by atoms with Crippen LogP contribution in [0.15, 0.2) is 36.8 Å². The number of aromatic nitrogens is 6. The number of rotatable bonds is 2. The molecule has 0 aliphatic carbocycles. The molecule has 0 saturated carbocycles. The van der Waals surface area contributed by atoms with E-state index >= 15 is 0 Å². The van der Waals surface area contributed by atoms with Crippen molar-refractivity contribution in [1.29, 1.82) is 0 Å². The van der Waals surface area contributed by atoms with Gasteiger partial charge in [0.05, 0.1) is 45.2 Å². The van der Waals surface area contributed by atoms with E-state index in [0.717, 1.165) is 17.1 Å². The number of ether oxygens (including phenoxy) is 1. The van der Waals surface area contributed by atoms with Crippen LogP contribution in [0.1, 0.15) is 22.3 Å². The van der Waals surface area contributed by atoms with Gasteiger partial charge in [0.2, 0.25) is 0 Å². The van der Waals surface area contributed by atoms with Gasteiger partial charge >= 0.3 is 0 Å². The summed E-state index contributed by atoms with van der Waals surface area (Å²) in [6.45, 7) is 1.63. The molecule has 1 aliphatic heterocycles. The number of H-pyrrole nitrogens is 1. The van der Waals surface area contributed by atoms with Gasteiger partial charge in [-0.1, -0.05) is 0 Å². The highest BCUT2D eigenvalue weighted by Gasteiger charge is 2.32. The second kappa shape index (κ2) is 5.68. The molecule has 4 aromatic rings. The first-order valence-electron chi connectivity index (χ1n) is 9.46. The molecule has 5 rings (SSSR count). The number of aromatic amines is 1. The molecule has 0 spiro atoms. The molecule has 0 amide bonds. The van der Waals surface area contributed by atoms with Crippen LogP contribution in [-0.2, 0) is 17.8 Å². The number of fused-ring (bicyclic) bond motifs is 2. The third-order valence-electron chi connectivity index (χ3n) is 4.52.